The molecule has 1 fully saturated rings. The first-order chi connectivity index (χ1) is 13.0. The minimum absolute atomic E-state index is 0.00171. The van der Waals surface area contributed by atoms with Gasteiger partial charge in [-0.15, -0.1) is 0 Å². The fraction of sp³-hybridized carbons (Fsp3) is 0.316. The lowest BCUT2D eigenvalue weighted by Gasteiger charge is -2.34. The Balaban J connectivity index is 1.74. The van der Waals surface area contributed by atoms with Crippen LogP contribution in [0.2, 0.25) is 0 Å². The number of nitrogens with zero attached hydrogens (tertiary/aromatic N) is 2. The Labute approximate surface area is 155 Å². The van der Waals surface area contributed by atoms with E-state index in [-0.39, 0.29) is 23.3 Å². The number of ether oxygens (including phenoxy) is 1. The average molecular weight is 373 g/mol. The van der Waals surface area contributed by atoms with Crippen molar-refractivity contribution in [2.24, 2.45) is 0 Å². The first-order valence-electron chi connectivity index (χ1n) is 8.71. The van der Waals surface area contributed by atoms with E-state index in [0.29, 0.717) is 6.54 Å². The van der Waals surface area contributed by atoms with Crippen LogP contribution in [0.15, 0.2) is 48.5 Å². The number of amides is 1. The second-order valence-electron chi connectivity index (χ2n) is 6.35. The Kier molecular flexibility index (Phi) is 5.97. The molecule has 27 heavy (non-hydrogen) atoms. The summed E-state index contributed by atoms with van der Waals surface area (Å²) >= 11 is 0. The second-order valence-corrected chi connectivity index (χ2v) is 6.35. The highest BCUT2D eigenvalue weighted by Crippen LogP contribution is 2.21. The molecule has 3 rings (SSSR count). The van der Waals surface area contributed by atoms with Gasteiger partial charge < -0.3 is 15.0 Å². The van der Waals surface area contributed by atoms with Crippen LogP contribution in [0.4, 0.5) is 14.9 Å². The maximum Gasteiger partial charge on any atom is 0.415 e. The van der Waals surface area contributed by atoms with Gasteiger partial charge in [-0.3, -0.25) is 10.1 Å². The third kappa shape index (κ3) is 5.01. The zero-order chi connectivity index (χ0) is 19.2. The Morgan fingerprint density at radius 2 is 1.78 bits per heavy atom. The van der Waals surface area contributed by atoms with Gasteiger partial charge in [0.1, 0.15) is 11.6 Å². The summed E-state index contributed by atoms with van der Waals surface area (Å²) < 4.78 is 18.6. The quantitative estimate of drug-likeness (QED) is 0.641. The average Bonchev–Trinajstić information content (AvgIpc) is 2.68. The normalized spacial score (nSPS) is 14.6. The summed E-state index contributed by atoms with van der Waals surface area (Å²) in [5.41, 5.74) is 0.729. The first kappa shape index (κ1) is 18.8. The topological polar surface area (TPSA) is 84.7 Å². The molecular weight excluding hydrogens is 353 g/mol. The second kappa shape index (κ2) is 8.59. The standard InChI is InChI=1S/C19H20FN3O4/c20-15-3-1-14(2-4-15)13-22(16-9-11-21-12-10-16)19(24)27-18-7-5-17(6-8-18)23(25)26/h1-8,16,21H,9-13H2. The van der Waals surface area contributed by atoms with Gasteiger partial charge in [-0.05, 0) is 55.8 Å². The van der Waals surface area contributed by atoms with Crippen LogP contribution in [0.3, 0.4) is 0 Å². The number of carbonyl (C=O) groups excluding carboxylic acids is 1. The number of nitro groups is 1. The van der Waals surface area contributed by atoms with E-state index >= 15 is 0 Å². The third-order valence-corrected chi connectivity index (χ3v) is 4.50. The van der Waals surface area contributed by atoms with E-state index in [1.807, 2.05) is 0 Å². The zero-order valence-electron chi connectivity index (χ0n) is 14.6. The third-order valence-electron chi connectivity index (χ3n) is 4.50. The van der Waals surface area contributed by atoms with Crippen molar-refractivity contribution in [1.29, 1.82) is 0 Å². The Bertz CT molecular complexity index is 790. The number of hydrogen-bond acceptors (Lipinski definition) is 5. The number of nitro benzene ring substituents is 1. The van der Waals surface area contributed by atoms with Crippen LogP contribution in [0.5, 0.6) is 5.75 Å². The lowest BCUT2D eigenvalue weighted by atomic mass is 10.0. The van der Waals surface area contributed by atoms with Crippen LogP contribution in [-0.2, 0) is 6.54 Å². The summed E-state index contributed by atoms with van der Waals surface area (Å²) in [6, 6.07) is 11.4. The fourth-order valence-corrected chi connectivity index (χ4v) is 3.04. The molecule has 1 amide bonds. The summed E-state index contributed by atoms with van der Waals surface area (Å²) in [7, 11) is 0. The minimum Gasteiger partial charge on any atom is -0.410 e. The number of halogens is 1. The van der Waals surface area contributed by atoms with E-state index in [4.69, 9.17) is 4.74 Å². The summed E-state index contributed by atoms with van der Waals surface area (Å²) in [5, 5.41) is 14.0. The molecule has 7 nitrogen and oxygen atoms in total. The largest absolute Gasteiger partial charge is 0.415 e. The molecule has 0 atom stereocenters. The van der Waals surface area contributed by atoms with E-state index in [9.17, 15) is 19.3 Å². The molecule has 1 saturated heterocycles. The Morgan fingerprint density at radius 3 is 2.37 bits per heavy atom. The van der Waals surface area contributed by atoms with Crippen molar-refractivity contribution in [3.8, 4) is 5.75 Å². The van der Waals surface area contributed by atoms with Crippen molar-refractivity contribution < 1.29 is 18.8 Å². The molecule has 2 aromatic carbocycles. The number of rotatable bonds is 5. The molecular formula is C19H20FN3O4. The fourth-order valence-electron chi connectivity index (χ4n) is 3.04. The molecule has 1 heterocycles. The number of piperidine rings is 1. The van der Waals surface area contributed by atoms with Crippen LogP contribution in [0, 0.1) is 15.9 Å². The van der Waals surface area contributed by atoms with Gasteiger partial charge in [-0.2, -0.15) is 0 Å². The van der Waals surface area contributed by atoms with Crippen LogP contribution in [0.1, 0.15) is 18.4 Å². The van der Waals surface area contributed by atoms with E-state index < -0.39 is 11.0 Å². The lowest BCUT2D eigenvalue weighted by Crippen LogP contribution is -2.46. The maximum absolute atomic E-state index is 13.2. The van der Waals surface area contributed by atoms with Gasteiger partial charge in [0.25, 0.3) is 5.69 Å². The van der Waals surface area contributed by atoms with Crippen molar-refractivity contribution >= 4 is 11.8 Å². The van der Waals surface area contributed by atoms with Crippen LogP contribution < -0.4 is 10.1 Å². The van der Waals surface area contributed by atoms with Gasteiger partial charge >= 0.3 is 6.09 Å². The molecule has 8 heteroatoms. The van der Waals surface area contributed by atoms with Gasteiger partial charge in [0, 0.05) is 24.7 Å². The molecule has 1 aliphatic rings. The van der Waals surface area contributed by atoms with Gasteiger partial charge in [0.05, 0.1) is 4.92 Å². The highest BCUT2D eigenvalue weighted by molar-refractivity contribution is 5.71. The first-order valence-corrected chi connectivity index (χ1v) is 8.71. The number of non-ortho nitro benzene ring substituents is 1. The monoisotopic (exact) mass is 373 g/mol. The minimum atomic E-state index is -0.528. The molecule has 0 aliphatic carbocycles. The van der Waals surface area contributed by atoms with Crippen LogP contribution >= 0.6 is 0 Å². The Hall–Kier alpha value is -3.00. The number of nitrogens with one attached hydrogen (secondary N) is 1. The molecule has 0 spiro atoms. The van der Waals surface area contributed by atoms with Gasteiger partial charge in [0.2, 0.25) is 0 Å². The predicted molar refractivity (Wildman–Crippen MR) is 97.0 cm³/mol. The number of carbonyl (C=O) groups is 1. The van der Waals surface area contributed by atoms with Crippen molar-refractivity contribution in [2.45, 2.75) is 25.4 Å². The van der Waals surface area contributed by atoms with Crippen LogP contribution in [0.25, 0.3) is 0 Å². The molecule has 1 N–H and O–H groups in total. The predicted octanol–water partition coefficient (Wildman–Crippen LogP) is 3.49. The van der Waals surface area contributed by atoms with E-state index in [2.05, 4.69) is 5.32 Å². The van der Waals surface area contributed by atoms with Gasteiger partial charge in [-0.25, -0.2) is 9.18 Å². The molecule has 2 aromatic rings. The molecule has 0 radical (unpaired) electrons. The van der Waals surface area contributed by atoms with Crippen LogP contribution in [-0.4, -0.2) is 35.0 Å². The van der Waals surface area contributed by atoms with E-state index in [1.165, 1.54) is 36.4 Å². The molecule has 0 aromatic heterocycles. The lowest BCUT2D eigenvalue weighted by molar-refractivity contribution is -0.384. The summed E-state index contributed by atoms with van der Waals surface area (Å²) in [6.45, 7) is 1.90. The molecule has 0 saturated carbocycles. The maximum atomic E-state index is 13.2. The van der Waals surface area contributed by atoms with Crippen molar-refractivity contribution in [1.82, 2.24) is 10.2 Å². The van der Waals surface area contributed by atoms with E-state index in [0.717, 1.165) is 31.5 Å². The van der Waals surface area contributed by atoms with Gasteiger partial charge in [0.15, 0.2) is 0 Å². The Morgan fingerprint density at radius 1 is 1.15 bits per heavy atom. The molecule has 0 unspecified atom stereocenters. The SMILES string of the molecule is O=C(Oc1ccc([N+](=O)[O-])cc1)N(Cc1ccc(F)cc1)C1CCNCC1. The summed E-state index contributed by atoms with van der Waals surface area (Å²) in [5.74, 6) is -0.0933. The van der Waals surface area contributed by atoms with Crippen molar-refractivity contribution in [2.75, 3.05) is 13.1 Å². The number of hydrogen-bond donors (Lipinski definition) is 1. The van der Waals surface area contributed by atoms with Gasteiger partial charge in [-0.1, -0.05) is 12.1 Å². The zero-order valence-corrected chi connectivity index (χ0v) is 14.6. The summed E-state index contributed by atoms with van der Waals surface area (Å²) in [6.07, 6.45) is 1.05. The highest BCUT2D eigenvalue weighted by atomic mass is 19.1. The highest BCUT2D eigenvalue weighted by Gasteiger charge is 2.27. The summed E-state index contributed by atoms with van der Waals surface area (Å²) in [4.78, 5) is 24.6. The smallest absolute Gasteiger partial charge is 0.410 e. The number of benzene rings is 2. The van der Waals surface area contributed by atoms with E-state index in [1.54, 1.807) is 17.0 Å². The molecule has 142 valence electrons. The van der Waals surface area contributed by atoms with Crippen molar-refractivity contribution in [3.63, 3.8) is 0 Å². The van der Waals surface area contributed by atoms with Crippen molar-refractivity contribution in [3.05, 3.63) is 70.0 Å². The molecule has 0 bridgehead atoms. The molecule has 1 aliphatic heterocycles.